The Morgan fingerprint density at radius 2 is 1.94 bits per heavy atom. The molecule has 4 atom stereocenters. The van der Waals surface area contributed by atoms with E-state index in [1.54, 1.807) is 7.11 Å². The molecule has 1 aromatic carbocycles. The van der Waals surface area contributed by atoms with Crippen LogP contribution in [0.15, 0.2) is 30.3 Å². The number of methoxy groups -OCH3 is 1. The van der Waals surface area contributed by atoms with Gasteiger partial charge < -0.3 is 10.1 Å². The average molecular weight is 437 g/mol. The Kier molecular flexibility index (Phi) is 6.22. The zero-order chi connectivity index (χ0) is 22.1. The third-order valence-corrected chi connectivity index (χ3v) is 8.05. The molecule has 0 radical (unpaired) electrons. The summed E-state index contributed by atoms with van der Waals surface area (Å²) in [7, 11) is 3.76. The highest BCUT2D eigenvalue weighted by molar-refractivity contribution is 5.78. The van der Waals surface area contributed by atoms with Crippen molar-refractivity contribution < 1.29 is 9.53 Å². The van der Waals surface area contributed by atoms with E-state index in [2.05, 4.69) is 40.1 Å². The molecule has 6 rings (SSSR count). The van der Waals surface area contributed by atoms with E-state index < -0.39 is 0 Å². The molecule has 1 saturated carbocycles. The molecule has 3 saturated heterocycles. The van der Waals surface area contributed by atoms with Crippen molar-refractivity contribution in [3.05, 3.63) is 36.0 Å². The fourth-order valence-electron chi connectivity index (χ4n) is 6.14. The molecule has 4 unspecified atom stereocenters. The van der Waals surface area contributed by atoms with E-state index in [-0.39, 0.29) is 5.92 Å². The van der Waals surface area contributed by atoms with Crippen molar-refractivity contribution in [2.75, 3.05) is 26.7 Å². The number of nitrogens with one attached hydrogen (secondary N) is 1. The second kappa shape index (κ2) is 9.26. The number of hydrogen-bond acceptors (Lipinski definition) is 4. The van der Waals surface area contributed by atoms with Crippen LogP contribution in [0.25, 0.3) is 11.3 Å². The Morgan fingerprint density at radius 3 is 2.62 bits per heavy atom. The zero-order valence-electron chi connectivity index (χ0n) is 19.4. The maximum atomic E-state index is 12.6. The quantitative estimate of drug-likeness (QED) is 0.744. The number of aryl methyl sites for hydroxylation is 1. The molecule has 4 heterocycles. The summed E-state index contributed by atoms with van der Waals surface area (Å²) in [5.74, 6) is 2.58. The molecule has 4 aliphatic rings. The predicted octanol–water partition coefficient (Wildman–Crippen LogP) is 3.97. The van der Waals surface area contributed by atoms with Crippen molar-refractivity contribution in [3.8, 4) is 17.0 Å². The van der Waals surface area contributed by atoms with Crippen LogP contribution < -0.4 is 10.1 Å². The van der Waals surface area contributed by atoms with Crippen molar-refractivity contribution in [1.29, 1.82) is 0 Å². The maximum absolute atomic E-state index is 12.6. The highest BCUT2D eigenvalue weighted by atomic mass is 16.5. The molecule has 0 spiro atoms. The summed E-state index contributed by atoms with van der Waals surface area (Å²) in [5.41, 5.74) is 3.48. The summed E-state index contributed by atoms with van der Waals surface area (Å²) in [6.07, 6.45) is 8.25. The van der Waals surface area contributed by atoms with Gasteiger partial charge in [0.15, 0.2) is 0 Å². The molecule has 3 aliphatic heterocycles. The fourth-order valence-corrected chi connectivity index (χ4v) is 6.14. The average Bonchev–Trinajstić information content (AvgIpc) is 3.24. The van der Waals surface area contributed by atoms with Gasteiger partial charge in [-0.3, -0.25) is 14.4 Å². The Bertz CT molecular complexity index is 932. The monoisotopic (exact) mass is 436 g/mol. The van der Waals surface area contributed by atoms with Gasteiger partial charge >= 0.3 is 0 Å². The molecular formula is C26H36N4O2. The first-order valence-electron chi connectivity index (χ1n) is 12.3. The van der Waals surface area contributed by atoms with Crippen LogP contribution in [0.4, 0.5) is 0 Å². The van der Waals surface area contributed by atoms with Gasteiger partial charge in [-0.05, 0) is 68.5 Å². The molecule has 32 heavy (non-hydrogen) atoms. The molecule has 1 N–H and O–H groups in total. The highest BCUT2D eigenvalue weighted by Gasteiger charge is 2.42. The number of aromatic nitrogens is 2. The minimum Gasteiger partial charge on any atom is -0.497 e. The van der Waals surface area contributed by atoms with Crippen LogP contribution in [-0.2, 0) is 11.8 Å². The third kappa shape index (κ3) is 4.29. The van der Waals surface area contributed by atoms with Crippen LogP contribution in [0.1, 0.15) is 56.6 Å². The van der Waals surface area contributed by atoms with Crippen LogP contribution in [0.3, 0.4) is 0 Å². The van der Waals surface area contributed by atoms with Crippen molar-refractivity contribution in [3.63, 3.8) is 0 Å². The van der Waals surface area contributed by atoms with Crippen LogP contribution in [0.2, 0.25) is 0 Å². The van der Waals surface area contributed by atoms with Gasteiger partial charge in [0.05, 0.1) is 12.8 Å². The SMILES string of the molecule is COc1ccc(-c2cc(C3CN4CCC3CC4CNC(=O)C3CCCCC3)n(C)n2)cc1. The molecule has 1 aliphatic carbocycles. The topological polar surface area (TPSA) is 59.4 Å². The minimum absolute atomic E-state index is 0.248. The number of carbonyl (C=O) groups is 1. The van der Waals surface area contributed by atoms with E-state index in [1.807, 2.05) is 12.1 Å². The van der Waals surface area contributed by atoms with Crippen LogP contribution >= 0.6 is 0 Å². The molecule has 1 aromatic heterocycles. The molecule has 6 heteroatoms. The number of fused-ring (bicyclic) bond motifs is 3. The van der Waals surface area contributed by atoms with E-state index in [0.717, 1.165) is 49.5 Å². The number of ether oxygens (including phenoxy) is 1. The fraction of sp³-hybridized carbons (Fsp3) is 0.615. The van der Waals surface area contributed by atoms with Gasteiger partial charge in [0.1, 0.15) is 5.75 Å². The Balaban J connectivity index is 1.23. The number of nitrogens with zero attached hydrogens (tertiary/aromatic N) is 3. The Hall–Kier alpha value is -2.34. The van der Waals surface area contributed by atoms with E-state index in [0.29, 0.717) is 23.8 Å². The van der Waals surface area contributed by atoms with Crippen LogP contribution in [0, 0.1) is 11.8 Å². The van der Waals surface area contributed by atoms with E-state index in [9.17, 15) is 4.79 Å². The Morgan fingerprint density at radius 1 is 1.16 bits per heavy atom. The minimum atomic E-state index is 0.248. The van der Waals surface area contributed by atoms with Crippen LogP contribution in [-0.4, -0.2) is 53.4 Å². The highest BCUT2D eigenvalue weighted by Crippen LogP contribution is 2.42. The first-order valence-corrected chi connectivity index (χ1v) is 12.3. The number of amides is 1. The number of benzene rings is 1. The lowest BCUT2D eigenvalue weighted by molar-refractivity contribution is -0.126. The second-order valence-corrected chi connectivity index (χ2v) is 9.93. The number of carbonyl (C=O) groups excluding carboxylic acids is 1. The number of piperidine rings is 3. The van der Waals surface area contributed by atoms with E-state index in [1.165, 1.54) is 37.8 Å². The van der Waals surface area contributed by atoms with Gasteiger partial charge in [-0.25, -0.2) is 0 Å². The van der Waals surface area contributed by atoms with Crippen molar-refractivity contribution in [1.82, 2.24) is 20.0 Å². The molecule has 1 amide bonds. The third-order valence-electron chi connectivity index (χ3n) is 8.05. The summed E-state index contributed by atoms with van der Waals surface area (Å²) in [6, 6.07) is 10.9. The van der Waals surface area contributed by atoms with E-state index >= 15 is 0 Å². The molecule has 4 fully saturated rings. The smallest absolute Gasteiger partial charge is 0.223 e. The number of rotatable bonds is 6. The van der Waals surface area contributed by atoms with Gasteiger partial charge in [0, 0.05) is 49.3 Å². The van der Waals surface area contributed by atoms with Gasteiger partial charge in [0.2, 0.25) is 5.91 Å². The van der Waals surface area contributed by atoms with Crippen molar-refractivity contribution in [2.45, 2.75) is 56.9 Å². The summed E-state index contributed by atoms with van der Waals surface area (Å²) in [6.45, 7) is 3.02. The Labute approximate surface area is 191 Å². The zero-order valence-corrected chi connectivity index (χ0v) is 19.4. The van der Waals surface area contributed by atoms with Gasteiger partial charge in [-0.1, -0.05) is 19.3 Å². The maximum Gasteiger partial charge on any atom is 0.223 e. The lowest BCUT2D eigenvalue weighted by Gasteiger charge is -2.50. The normalized spacial score (nSPS) is 27.9. The lowest BCUT2D eigenvalue weighted by atomic mass is 9.74. The summed E-state index contributed by atoms with van der Waals surface area (Å²) in [4.78, 5) is 15.2. The largest absolute Gasteiger partial charge is 0.497 e. The summed E-state index contributed by atoms with van der Waals surface area (Å²) in [5, 5.41) is 8.13. The van der Waals surface area contributed by atoms with Crippen molar-refractivity contribution >= 4 is 5.91 Å². The first-order chi connectivity index (χ1) is 15.6. The number of hydrogen-bond donors (Lipinski definition) is 1. The predicted molar refractivity (Wildman–Crippen MR) is 126 cm³/mol. The molecular weight excluding hydrogens is 400 g/mol. The molecule has 2 aromatic rings. The standard InChI is InChI=1S/C26H36N4O2/c1-29-25(15-24(28-29)18-8-10-22(32-2)11-9-18)23-17-30-13-12-20(23)14-21(30)16-27-26(31)19-6-4-3-5-7-19/h8-11,15,19-21,23H,3-7,12-14,16-17H2,1-2H3,(H,27,31). The van der Waals surface area contributed by atoms with Crippen molar-refractivity contribution in [2.24, 2.45) is 18.9 Å². The molecule has 2 bridgehead atoms. The molecule has 172 valence electrons. The first kappa shape index (κ1) is 21.5. The molecule has 6 nitrogen and oxygen atoms in total. The lowest BCUT2D eigenvalue weighted by Crippen LogP contribution is -2.56. The van der Waals surface area contributed by atoms with Gasteiger partial charge in [-0.15, -0.1) is 0 Å². The summed E-state index contributed by atoms with van der Waals surface area (Å²) >= 11 is 0. The van der Waals surface area contributed by atoms with Gasteiger partial charge in [-0.2, -0.15) is 5.10 Å². The second-order valence-electron chi connectivity index (χ2n) is 9.93. The summed E-state index contributed by atoms with van der Waals surface area (Å²) < 4.78 is 7.36. The van der Waals surface area contributed by atoms with E-state index in [4.69, 9.17) is 9.84 Å². The van der Waals surface area contributed by atoms with Gasteiger partial charge in [0.25, 0.3) is 0 Å². The van der Waals surface area contributed by atoms with Crippen LogP contribution in [0.5, 0.6) is 5.75 Å².